The lowest BCUT2D eigenvalue weighted by atomic mass is 10.00. The molecular formula is C16H16F2O3. The Hall–Kier alpha value is -2.14. The molecule has 0 spiro atoms. The first-order chi connectivity index (χ1) is 10.0. The van der Waals surface area contributed by atoms with E-state index in [1.54, 1.807) is 18.2 Å². The topological polar surface area (TPSA) is 38.7 Å². The molecule has 0 saturated heterocycles. The maximum atomic E-state index is 13.6. The van der Waals surface area contributed by atoms with Crippen LogP contribution in [-0.2, 0) is 6.42 Å². The number of hydrogen-bond acceptors (Lipinski definition) is 3. The van der Waals surface area contributed by atoms with E-state index in [4.69, 9.17) is 9.47 Å². The Bertz CT molecular complexity index is 629. The van der Waals surface area contributed by atoms with Gasteiger partial charge >= 0.3 is 0 Å². The van der Waals surface area contributed by atoms with Crippen LogP contribution < -0.4 is 9.47 Å². The Kier molecular flexibility index (Phi) is 4.75. The highest BCUT2D eigenvalue weighted by atomic mass is 19.1. The molecule has 112 valence electrons. The van der Waals surface area contributed by atoms with Gasteiger partial charge in [-0.05, 0) is 42.0 Å². The molecule has 0 amide bonds. The molecular weight excluding hydrogens is 278 g/mol. The third-order valence-electron chi connectivity index (χ3n) is 3.22. The average molecular weight is 294 g/mol. The van der Waals surface area contributed by atoms with Crippen LogP contribution in [0.5, 0.6) is 11.5 Å². The molecule has 2 aromatic rings. The third-order valence-corrected chi connectivity index (χ3v) is 3.22. The van der Waals surface area contributed by atoms with Gasteiger partial charge in [0.15, 0.2) is 0 Å². The van der Waals surface area contributed by atoms with E-state index in [1.165, 1.54) is 14.2 Å². The number of ether oxygens (including phenoxy) is 2. The molecule has 1 N–H and O–H groups in total. The van der Waals surface area contributed by atoms with Gasteiger partial charge in [0.25, 0.3) is 0 Å². The van der Waals surface area contributed by atoms with Crippen LogP contribution >= 0.6 is 0 Å². The van der Waals surface area contributed by atoms with Gasteiger partial charge in [0.05, 0.1) is 20.3 Å². The van der Waals surface area contributed by atoms with Crippen molar-refractivity contribution in [1.29, 1.82) is 0 Å². The Balaban J connectivity index is 2.31. The molecule has 2 aromatic carbocycles. The standard InChI is InChI=1S/C16H16F2O3/c1-20-12-4-6-16(21-2)13(9-12)15(19)8-10-7-11(17)3-5-14(10)18/h3-7,9,15,19H,8H2,1-2H3. The van der Waals surface area contributed by atoms with E-state index in [1.807, 2.05) is 0 Å². The molecule has 5 heteroatoms. The van der Waals surface area contributed by atoms with Crippen molar-refractivity contribution in [3.63, 3.8) is 0 Å². The minimum atomic E-state index is -1.04. The van der Waals surface area contributed by atoms with E-state index in [2.05, 4.69) is 0 Å². The largest absolute Gasteiger partial charge is 0.497 e. The highest BCUT2D eigenvalue weighted by Gasteiger charge is 2.17. The summed E-state index contributed by atoms with van der Waals surface area (Å²) in [4.78, 5) is 0. The van der Waals surface area contributed by atoms with Crippen molar-refractivity contribution in [2.24, 2.45) is 0 Å². The maximum Gasteiger partial charge on any atom is 0.126 e. The van der Waals surface area contributed by atoms with Gasteiger partial charge in [-0.15, -0.1) is 0 Å². The van der Waals surface area contributed by atoms with Crippen LogP contribution in [0.1, 0.15) is 17.2 Å². The summed E-state index contributed by atoms with van der Waals surface area (Å²) in [6, 6.07) is 8.11. The van der Waals surface area contributed by atoms with Crippen molar-refractivity contribution in [2.75, 3.05) is 14.2 Å². The van der Waals surface area contributed by atoms with E-state index < -0.39 is 17.7 Å². The number of aliphatic hydroxyl groups is 1. The number of hydrogen-bond donors (Lipinski definition) is 1. The van der Waals surface area contributed by atoms with Crippen molar-refractivity contribution in [1.82, 2.24) is 0 Å². The van der Waals surface area contributed by atoms with Gasteiger partial charge in [0.1, 0.15) is 23.1 Å². The van der Waals surface area contributed by atoms with E-state index in [-0.39, 0.29) is 12.0 Å². The molecule has 0 bridgehead atoms. The number of benzene rings is 2. The molecule has 3 nitrogen and oxygen atoms in total. The molecule has 0 aromatic heterocycles. The molecule has 0 heterocycles. The molecule has 0 aliphatic heterocycles. The second-order valence-electron chi connectivity index (χ2n) is 4.56. The zero-order valence-electron chi connectivity index (χ0n) is 11.8. The Morgan fingerprint density at radius 2 is 1.81 bits per heavy atom. The predicted molar refractivity (Wildman–Crippen MR) is 74.6 cm³/mol. The minimum Gasteiger partial charge on any atom is -0.497 e. The molecule has 0 aliphatic carbocycles. The molecule has 0 fully saturated rings. The summed E-state index contributed by atoms with van der Waals surface area (Å²) in [5.41, 5.74) is 0.563. The fourth-order valence-corrected chi connectivity index (χ4v) is 2.12. The SMILES string of the molecule is COc1ccc(OC)c(C(O)Cc2cc(F)ccc2F)c1. The Morgan fingerprint density at radius 3 is 2.48 bits per heavy atom. The lowest BCUT2D eigenvalue weighted by molar-refractivity contribution is 0.172. The van der Waals surface area contributed by atoms with Gasteiger partial charge in [-0.2, -0.15) is 0 Å². The minimum absolute atomic E-state index is 0.0624. The Labute approximate surface area is 121 Å². The summed E-state index contributed by atoms with van der Waals surface area (Å²) < 4.78 is 37.1. The second kappa shape index (κ2) is 6.54. The molecule has 0 aliphatic rings. The molecule has 1 unspecified atom stereocenters. The number of halogens is 2. The highest BCUT2D eigenvalue weighted by Crippen LogP contribution is 2.31. The van der Waals surface area contributed by atoms with E-state index >= 15 is 0 Å². The first-order valence-corrected chi connectivity index (χ1v) is 6.39. The lowest BCUT2D eigenvalue weighted by Gasteiger charge is -2.16. The fraction of sp³-hybridized carbons (Fsp3) is 0.250. The molecule has 21 heavy (non-hydrogen) atoms. The first-order valence-electron chi connectivity index (χ1n) is 6.39. The second-order valence-corrected chi connectivity index (χ2v) is 4.56. The van der Waals surface area contributed by atoms with Crippen LogP contribution in [0, 0.1) is 11.6 Å². The third kappa shape index (κ3) is 3.49. The molecule has 0 saturated carbocycles. The van der Waals surface area contributed by atoms with Gasteiger partial charge in [0, 0.05) is 12.0 Å². The molecule has 1 atom stereocenters. The van der Waals surface area contributed by atoms with E-state index in [0.717, 1.165) is 18.2 Å². The summed E-state index contributed by atoms with van der Waals surface area (Å²) in [7, 11) is 2.98. The van der Waals surface area contributed by atoms with Gasteiger partial charge in [-0.1, -0.05) is 0 Å². The fourth-order valence-electron chi connectivity index (χ4n) is 2.12. The first kappa shape index (κ1) is 15.3. The van der Waals surface area contributed by atoms with Crippen LogP contribution in [0.4, 0.5) is 8.78 Å². The normalized spacial score (nSPS) is 12.0. The summed E-state index contributed by atoms with van der Waals surface area (Å²) >= 11 is 0. The van der Waals surface area contributed by atoms with Gasteiger partial charge in [-0.3, -0.25) is 0 Å². The smallest absolute Gasteiger partial charge is 0.126 e. The zero-order chi connectivity index (χ0) is 15.4. The molecule has 2 rings (SSSR count). The number of rotatable bonds is 5. The highest BCUT2D eigenvalue weighted by molar-refractivity contribution is 5.42. The zero-order valence-corrected chi connectivity index (χ0v) is 11.8. The van der Waals surface area contributed by atoms with Crippen molar-refractivity contribution in [2.45, 2.75) is 12.5 Å². The van der Waals surface area contributed by atoms with Crippen LogP contribution in [0.25, 0.3) is 0 Å². The van der Waals surface area contributed by atoms with E-state index in [9.17, 15) is 13.9 Å². The van der Waals surface area contributed by atoms with Crippen molar-refractivity contribution < 1.29 is 23.4 Å². The number of aliphatic hydroxyl groups excluding tert-OH is 1. The average Bonchev–Trinajstić information content (AvgIpc) is 2.50. The van der Waals surface area contributed by atoms with Gasteiger partial charge < -0.3 is 14.6 Å². The quantitative estimate of drug-likeness (QED) is 0.920. The van der Waals surface area contributed by atoms with Crippen LogP contribution in [-0.4, -0.2) is 19.3 Å². The Morgan fingerprint density at radius 1 is 1.05 bits per heavy atom. The number of methoxy groups -OCH3 is 2. The summed E-state index contributed by atoms with van der Waals surface area (Å²) in [6.07, 6.45) is -1.10. The van der Waals surface area contributed by atoms with Crippen LogP contribution in [0.3, 0.4) is 0 Å². The van der Waals surface area contributed by atoms with Crippen molar-refractivity contribution in [3.05, 3.63) is 59.2 Å². The van der Waals surface area contributed by atoms with Crippen molar-refractivity contribution >= 4 is 0 Å². The van der Waals surface area contributed by atoms with Crippen molar-refractivity contribution in [3.8, 4) is 11.5 Å². The van der Waals surface area contributed by atoms with Crippen LogP contribution in [0.2, 0.25) is 0 Å². The monoisotopic (exact) mass is 294 g/mol. The van der Waals surface area contributed by atoms with Gasteiger partial charge in [-0.25, -0.2) is 8.78 Å². The van der Waals surface area contributed by atoms with Gasteiger partial charge in [0.2, 0.25) is 0 Å². The summed E-state index contributed by atoms with van der Waals surface area (Å²) in [6.45, 7) is 0. The summed E-state index contributed by atoms with van der Waals surface area (Å²) in [5.74, 6) is -0.0989. The van der Waals surface area contributed by atoms with Crippen LogP contribution in [0.15, 0.2) is 36.4 Å². The molecule has 0 radical (unpaired) electrons. The predicted octanol–water partition coefficient (Wildman–Crippen LogP) is 3.26. The summed E-state index contributed by atoms with van der Waals surface area (Å²) in [5, 5.41) is 10.3. The lowest BCUT2D eigenvalue weighted by Crippen LogP contribution is -2.06. The van der Waals surface area contributed by atoms with E-state index in [0.29, 0.717) is 17.1 Å². The maximum absolute atomic E-state index is 13.6.